The van der Waals surface area contributed by atoms with Gasteiger partial charge in [-0.15, -0.1) is 0 Å². The van der Waals surface area contributed by atoms with Gasteiger partial charge < -0.3 is 11.1 Å². The van der Waals surface area contributed by atoms with Crippen LogP contribution in [0.3, 0.4) is 0 Å². The van der Waals surface area contributed by atoms with E-state index in [2.05, 4.69) is 16.4 Å². The number of nitrogens with two attached hydrogens (primary N) is 1. The first-order valence-corrected chi connectivity index (χ1v) is 4.36. The zero-order valence-electron chi connectivity index (χ0n) is 7.83. The number of rotatable bonds is 4. The van der Waals surface area contributed by atoms with Gasteiger partial charge in [-0.05, 0) is 32.1 Å². The van der Waals surface area contributed by atoms with Crippen molar-refractivity contribution in [1.82, 2.24) is 10.3 Å². The lowest BCUT2D eigenvalue weighted by Crippen LogP contribution is -2.05. The predicted molar refractivity (Wildman–Crippen MR) is 56.2 cm³/mol. The molecule has 0 aliphatic rings. The molecule has 0 spiro atoms. The van der Waals surface area contributed by atoms with Crippen LogP contribution in [0, 0.1) is 0 Å². The van der Waals surface area contributed by atoms with Crippen molar-refractivity contribution in [2.24, 2.45) is 0 Å². The molecular formula is C10H15N3. The van der Waals surface area contributed by atoms with Gasteiger partial charge in [0, 0.05) is 11.8 Å². The Morgan fingerprint density at radius 2 is 2.46 bits per heavy atom. The molecule has 0 saturated carbocycles. The molecule has 1 rings (SSSR count). The molecular weight excluding hydrogens is 162 g/mol. The molecule has 3 nitrogen and oxygen atoms in total. The standard InChI is InChI=1S/C10H15N3/c1-12-7-3-2-5-9-6-4-8-13-10(9)11/h2,4-6,8,12H,3,7H2,1H3,(H2,11,13). The average molecular weight is 177 g/mol. The summed E-state index contributed by atoms with van der Waals surface area (Å²) in [5.74, 6) is 0.586. The molecule has 3 heteroatoms. The van der Waals surface area contributed by atoms with Gasteiger partial charge in [-0.25, -0.2) is 4.98 Å². The summed E-state index contributed by atoms with van der Waals surface area (Å²) in [6, 6.07) is 3.84. The Kier molecular flexibility index (Phi) is 3.99. The summed E-state index contributed by atoms with van der Waals surface area (Å²) < 4.78 is 0. The lowest BCUT2D eigenvalue weighted by molar-refractivity contribution is 0.809. The third-order valence-corrected chi connectivity index (χ3v) is 1.73. The van der Waals surface area contributed by atoms with E-state index in [9.17, 15) is 0 Å². The van der Waals surface area contributed by atoms with Crippen molar-refractivity contribution < 1.29 is 0 Å². The van der Waals surface area contributed by atoms with E-state index in [1.165, 1.54) is 0 Å². The van der Waals surface area contributed by atoms with Crippen LogP contribution >= 0.6 is 0 Å². The normalized spacial score (nSPS) is 10.8. The summed E-state index contributed by atoms with van der Waals surface area (Å²) in [7, 11) is 1.94. The highest BCUT2D eigenvalue weighted by Gasteiger charge is 1.91. The SMILES string of the molecule is CNCCC=Cc1cccnc1N. The van der Waals surface area contributed by atoms with E-state index in [1.54, 1.807) is 6.20 Å². The number of nitrogens with one attached hydrogen (secondary N) is 1. The highest BCUT2D eigenvalue weighted by Crippen LogP contribution is 2.08. The van der Waals surface area contributed by atoms with E-state index in [-0.39, 0.29) is 0 Å². The molecule has 0 atom stereocenters. The summed E-state index contributed by atoms with van der Waals surface area (Å²) in [5, 5.41) is 3.07. The summed E-state index contributed by atoms with van der Waals surface area (Å²) in [5.41, 5.74) is 6.64. The fourth-order valence-corrected chi connectivity index (χ4v) is 1.01. The fraction of sp³-hybridized carbons (Fsp3) is 0.300. The van der Waals surface area contributed by atoms with Gasteiger partial charge in [0.25, 0.3) is 0 Å². The van der Waals surface area contributed by atoms with E-state index >= 15 is 0 Å². The van der Waals surface area contributed by atoms with Gasteiger partial charge in [0.15, 0.2) is 0 Å². The molecule has 0 unspecified atom stereocenters. The number of hydrogen-bond acceptors (Lipinski definition) is 3. The Balaban J connectivity index is 2.53. The van der Waals surface area contributed by atoms with Crippen LogP contribution in [0.4, 0.5) is 5.82 Å². The van der Waals surface area contributed by atoms with Crippen molar-refractivity contribution in [3.8, 4) is 0 Å². The number of aromatic nitrogens is 1. The zero-order chi connectivity index (χ0) is 9.52. The van der Waals surface area contributed by atoms with Gasteiger partial charge in [0.2, 0.25) is 0 Å². The van der Waals surface area contributed by atoms with E-state index in [0.717, 1.165) is 18.5 Å². The van der Waals surface area contributed by atoms with Gasteiger partial charge in [-0.2, -0.15) is 0 Å². The predicted octanol–water partition coefficient (Wildman–Crippen LogP) is 1.29. The fourth-order valence-electron chi connectivity index (χ4n) is 1.01. The van der Waals surface area contributed by atoms with Crippen LogP contribution < -0.4 is 11.1 Å². The summed E-state index contributed by atoms with van der Waals surface area (Å²) in [6.45, 7) is 0.983. The minimum absolute atomic E-state index is 0.586. The largest absolute Gasteiger partial charge is 0.383 e. The first kappa shape index (κ1) is 9.74. The average Bonchev–Trinajstić information content (AvgIpc) is 2.15. The molecule has 1 heterocycles. The van der Waals surface area contributed by atoms with Crippen molar-refractivity contribution in [3.05, 3.63) is 30.0 Å². The maximum Gasteiger partial charge on any atom is 0.130 e. The van der Waals surface area contributed by atoms with Crippen molar-refractivity contribution in [1.29, 1.82) is 0 Å². The number of anilines is 1. The Labute approximate surface area is 78.7 Å². The highest BCUT2D eigenvalue weighted by atomic mass is 14.8. The minimum Gasteiger partial charge on any atom is -0.383 e. The first-order valence-electron chi connectivity index (χ1n) is 4.36. The topological polar surface area (TPSA) is 50.9 Å². The molecule has 0 bridgehead atoms. The Hall–Kier alpha value is -1.35. The first-order chi connectivity index (χ1) is 6.34. The number of hydrogen-bond donors (Lipinski definition) is 2. The van der Waals surface area contributed by atoms with Crippen LogP contribution in [0.25, 0.3) is 6.08 Å². The molecule has 70 valence electrons. The smallest absolute Gasteiger partial charge is 0.130 e. The van der Waals surface area contributed by atoms with Crippen molar-refractivity contribution in [2.75, 3.05) is 19.3 Å². The quantitative estimate of drug-likeness (QED) is 0.681. The molecule has 0 aromatic carbocycles. The number of pyridine rings is 1. The van der Waals surface area contributed by atoms with Crippen LogP contribution in [0.1, 0.15) is 12.0 Å². The second-order valence-electron chi connectivity index (χ2n) is 2.77. The molecule has 0 amide bonds. The molecule has 1 aromatic rings. The van der Waals surface area contributed by atoms with Gasteiger partial charge >= 0.3 is 0 Å². The van der Waals surface area contributed by atoms with Crippen molar-refractivity contribution in [2.45, 2.75) is 6.42 Å². The van der Waals surface area contributed by atoms with Crippen molar-refractivity contribution >= 4 is 11.9 Å². The molecule has 0 radical (unpaired) electrons. The second kappa shape index (κ2) is 5.32. The Bertz CT molecular complexity index is 281. The van der Waals surface area contributed by atoms with Gasteiger partial charge in [-0.3, -0.25) is 0 Å². The van der Waals surface area contributed by atoms with Crippen LogP contribution in [0.5, 0.6) is 0 Å². The summed E-state index contributed by atoms with van der Waals surface area (Å²) >= 11 is 0. The van der Waals surface area contributed by atoms with Gasteiger partial charge in [0.1, 0.15) is 5.82 Å². The van der Waals surface area contributed by atoms with Crippen LogP contribution in [0.2, 0.25) is 0 Å². The van der Waals surface area contributed by atoms with Gasteiger partial charge in [0.05, 0.1) is 0 Å². The van der Waals surface area contributed by atoms with Crippen molar-refractivity contribution in [3.63, 3.8) is 0 Å². The van der Waals surface area contributed by atoms with Crippen LogP contribution in [-0.4, -0.2) is 18.6 Å². The van der Waals surface area contributed by atoms with E-state index in [0.29, 0.717) is 5.82 Å². The van der Waals surface area contributed by atoms with E-state index in [1.807, 2.05) is 25.3 Å². The second-order valence-corrected chi connectivity index (χ2v) is 2.77. The molecule has 0 aliphatic heterocycles. The summed E-state index contributed by atoms with van der Waals surface area (Å²) in [6.07, 6.45) is 6.79. The Morgan fingerprint density at radius 1 is 1.62 bits per heavy atom. The third kappa shape index (κ3) is 3.25. The van der Waals surface area contributed by atoms with E-state index < -0.39 is 0 Å². The summed E-state index contributed by atoms with van der Waals surface area (Å²) in [4.78, 5) is 3.99. The van der Waals surface area contributed by atoms with E-state index in [4.69, 9.17) is 5.73 Å². The lowest BCUT2D eigenvalue weighted by atomic mass is 10.2. The maximum atomic E-state index is 5.66. The molecule has 0 saturated heterocycles. The minimum atomic E-state index is 0.586. The monoisotopic (exact) mass is 177 g/mol. The number of nitrogen functional groups attached to an aromatic ring is 1. The molecule has 1 aromatic heterocycles. The zero-order valence-corrected chi connectivity index (χ0v) is 7.83. The molecule has 3 N–H and O–H groups in total. The lowest BCUT2D eigenvalue weighted by Gasteiger charge is -1.97. The Morgan fingerprint density at radius 3 is 3.15 bits per heavy atom. The molecule has 13 heavy (non-hydrogen) atoms. The van der Waals surface area contributed by atoms with Gasteiger partial charge in [-0.1, -0.05) is 12.2 Å². The molecule has 0 fully saturated rings. The maximum absolute atomic E-state index is 5.66. The molecule has 0 aliphatic carbocycles. The van der Waals surface area contributed by atoms with Crippen LogP contribution in [0.15, 0.2) is 24.4 Å². The number of nitrogens with zero attached hydrogens (tertiary/aromatic N) is 1. The highest BCUT2D eigenvalue weighted by molar-refractivity contribution is 5.60. The van der Waals surface area contributed by atoms with Crippen LogP contribution in [-0.2, 0) is 0 Å². The third-order valence-electron chi connectivity index (χ3n) is 1.73.